The molecule has 9 aromatic rings. The number of nitrogens with zero attached hydrogens (tertiary/aromatic N) is 2. The van der Waals surface area contributed by atoms with E-state index in [2.05, 4.69) is 137 Å². The van der Waals surface area contributed by atoms with Gasteiger partial charge in [-0.2, -0.15) is 0 Å². The molecule has 0 aliphatic carbocycles. The first kappa shape index (κ1) is 23.4. The van der Waals surface area contributed by atoms with Crippen molar-refractivity contribution in [3.63, 3.8) is 0 Å². The smallest absolute Gasteiger partial charge is 0.333 e. The second-order valence-corrected chi connectivity index (χ2v) is 14.6. The number of hydrogen-bond acceptors (Lipinski definition) is 3. The zero-order valence-electron chi connectivity index (χ0n) is 23.9. The predicted octanol–water partition coefficient (Wildman–Crippen LogP) is 10.0. The van der Waals surface area contributed by atoms with Crippen LogP contribution in [0.25, 0.3) is 69.6 Å². The van der Waals surface area contributed by atoms with Gasteiger partial charge in [0.05, 0.1) is 16.7 Å². The van der Waals surface area contributed by atoms with Gasteiger partial charge in [-0.15, -0.1) is 11.3 Å². The molecule has 0 amide bonds. The van der Waals surface area contributed by atoms with E-state index < -0.39 is 0 Å². The van der Waals surface area contributed by atoms with Gasteiger partial charge < -0.3 is 9.38 Å². The summed E-state index contributed by atoms with van der Waals surface area (Å²) >= 11 is 3.84. The van der Waals surface area contributed by atoms with Gasteiger partial charge >= 0.3 is 6.85 Å². The van der Waals surface area contributed by atoms with Gasteiger partial charge in [-0.05, 0) is 63.7 Å². The van der Waals surface area contributed by atoms with Crippen LogP contribution in [-0.2, 0) is 0 Å². The lowest BCUT2D eigenvalue weighted by atomic mass is 9.43. The van der Waals surface area contributed by atoms with Crippen LogP contribution >= 0.6 is 23.1 Å². The zero-order valence-corrected chi connectivity index (χ0v) is 25.5. The number of rotatable bonds is 0. The van der Waals surface area contributed by atoms with Crippen LogP contribution in [0.4, 0.5) is 11.4 Å². The van der Waals surface area contributed by atoms with Gasteiger partial charge in [0.15, 0.2) is 0 Å². The Balaban J connectivity index is 1.36. The summed E-state index contributed by atoms with van der Waals surface area (Å²) in [5.41, 5.74) is 12.1. The van der Waals surface area contributed by atoms with Crippen LogP contribution in [0, 0.1) is 0 Å². The summed E-state index contributed by atoms with van der Waals surface area (Å²) in [6, 6.07) is 48.0. The van der Waals surface area contributed by atoms with Crippen LogP contribution in [0.2, 0.25) is 0 Å². The number of thiophene rings is 1. The Labute approximate surface area is 267 Å². The van der Waals surface area contributed by atoms with Gasteiger partial charge in [-0.3, -0.25) is 0 Å². The molecule has 5 heterocycles. The van der Waals surface area contributed by atoms with Crippen LogP contribution in [0.5, 0.6) is 0 Å². The molecule has 7 aromatic carbocycles. The third kappa shape index (κ3) is 2.69. The fourth-order valence-electron chi connectivity index (χ4n) is 8.69. The van der Waals surface area contributed by atoms with Crippen LogP contribution < -0.4 is 15.7 Å². The van der Waals surface area contributed by atoms with Gasteiger partial charge in [0.1, 0.15) is 0 Å². The summed E-state index contributed by atoms with van der Waals surface area (Å²) in [7, 11) is 0. The maximum Gasteiger partial charge on any atom is 0.333 e. The second-order valence-electron chi connectivity index (χ2n) is 12.4. The van der Waals surface area contributed by atoms with E-state index in [4.69, 9.17) is 0 Å². The normalized spacial score (nSPS) is 14.0. The fourth-order valence-corrected chi connectivity index (χ4v) is 10.9. The molecule has 0 saturated carbocycles. The van der Waals surface area contributed by atoms with Crippen LogP contribution in [0.15, 0.2) is 137 Å². The summed E-state index contributed by atoms with van der Waals surface area (Å²) < 4.78 is 5.31. The number of benzene rings is 7. The highest BCUT2D eigenvalue weighted by atomic mass is 32.2. The molecule has 0 fully saturated rings. The summed E-state index contributed by atoms with van der Waals surface area (Å²) in [4.78, 5) is 5.33. The largest absolute Gasteiger partial charge is 0.374 e. The summed E-state index contributed by atoms with van der Waals surface area (Å²) in [5.74, 6) is 0. The summed E-state index contributed by atoms with van der Waals surface area (Å²) in [6.07, 6.45) is 0. The Morgan fingerprint density at radius 3 is 2.36 bits per heavy atom. The van der Waals surface area contributed by atoms with Crippen molar-refractivity contribution in [3.8, 4) is 16.8 Å². The Bertz CT molecular complexity index is 2830. The van der Waals surface area contributed by atoms with Crippen molar-refractivity contribution in [1.82, 2.24) is 4.57 Å². The van der Waals surface area contributed by atoms with E-state index >= 15 is 0 Å². The van der Waals surface area contributed by atoms with E-state index in [9.17, 15) is 0 Å². The maximum absolute atomic E-state index is 2.68. The molecule has 45 heavy (non-hydrogen) atoms. The molecular weight excluding hydrogens is 583 g/mol. The van der Waals surface area contributed by atoms with Crippen molar-refractivity contribution < 1.29 is 0 Å². The first-order valence-electron chi connectivity index (χ1n) is 15.5. The zero-order chi connectivity index (χ0) is 29.0. The van der Waals surface area contributed by atoms with E-state index in [0.29, 0.717) is 0 Å². The van der Waals surface area contributed by atoms with Gasteiger partial charge in [-0.1, -0.05) is 103 Å². The highest BCUT2D eigenvalue weighted by Gasteiger charge is 2.47. The molecule has 2 nitrogen and oxygen atoms in total. The van der Waals surface area contributed by atoms with Gasteiger partial charge in [0.2, 0.25) is 0 Å². The average molecular weight is 605 g/mol. The molecule has 3 aliphatic heterocycles. The second kappa shape index (κ2) is 8.00. The molecular formula is C40H21BN2S2. The lowest BCUT2D eigenvalue weighted by molar-refractivity contribution is 1.17. The molecule has 5 heteroatoms. The maximum atomic E-state index is 2.68. The fraction of sp³-hybridized carbons (Fsp3) is 0. The standard InChI is InChI=1S/C40H21BN2S2/c1-2-10-23-22(9-1)19-20-29-35(23)25-12-7-14-27-39(25)42(29)30-21-34-36(24-11-3-5-16-31(24)44-34)37-26-13-8-18-33-40(26)43(41(27)38(30)37)28-15-4-6-17-32(28)45-33/h1-21H. The minimum atomic E-state index is 0.0561. The predicted molar refractivity (Wildman–Crippen MR) is 194 cm³/mol. The van der Waals surface area contributed by atoms with Crippen LogP contribution in [0.3, 0.4) is 0 Å². The van der Waals surface area contributed by atoms with Crippen molar-refractivity contribution in [2.24, 2.45) is 0 Å². The number of aromatic nitrogens is 1. The summed E-state index contributed by atoms with van der Waals surface area (Å²) in [6.45, 7) is 0.0561. The third-order valence-electron chi connectivity index (χ3n) is 10.3. The third-order valence-corrected chi connectivity index (χ3v) is 12.5. The number of anilines is 2. The molecule has 206 valence electrons. The molecule has 0 radical (unpaired) electrons. The van der Waals surface area contributed by atoms with E-state index in [1.165, 1.54) is 102 Å². The number of para-hydroxylation sites is 3. The SMILES string of the molecule is c1ccc2c(c1)Sc1cccc3c1N2B1c2c(cc4sc5ccccc5c4c2-3)-n2c3ccc4ccccc4c3c3cccc1c32. The number of fused-ring (bicyclic) bond motifs is 15. The van der Waals surface area contributed by atoms with Crippen LogP contribution in [-0.4, -0.2) is 11.4 Å². The van der Waals surface area contributed by atoms with Crippen molar-refractivity contribution >= 4 is 105 Å². The Morgan fingerprint density at radius 1 is 0.578 bits per heavy atom. The first-order valence-corrected chi connectivity index (χ1v) is 17.1. The van der Waals surface area contributed by atoms with E-state index in [1.54, 1.807) is 0 Å². The highest BCUT2D eigenvalue weighted by molar-refractivity contribution is 7.99. The minimum absolute atomic E-state index is 0.0561. The van der Waals surface area contributed by atoms with Crippen molar-refractivity contribution in [2.75, 3.05) is 4.81 Å². The van der Waals surface area contributed by atoms with E-state index in [-0.39, 0.29) is 6.85 Å². The van der Waals surface area contributed by atoms with Crippen molar-refractivity contribution in [1.29, 1.82) is 0 Å². The molecule has 0 saturated heterocycles. The molecule has 0 bridgehead atoms. The minimum Gasteiger partial charge on any atom is -0.374 e. The Morgan fingerprint density at radius 2 is 1.38 bits per heavy atom. The molecule has 12 rings (SSSR count). The molecule has 0 atom stereocenters. The van der Waals surface area contributed by atoms with Gasteiger partial charge in [0.25, 0.3) is 0 Å². The summed E-state index contributed by atoms with van der Waals surface area (Å²) in [5, 5.41) is 8.04. The van der Waals surface area contributed by atoms with E-state index in [1.807, 2.05) is 23.1 Å². The quantitative estimate of drug-likeness (QED) is 0.159. The molecule has 0 unspecified atom stereocenters. The highest BCUT2D eigenvalue weighted by Crippen LogP contribution is 2.56. The first-order chi connectivity index (χ1) is 22.3. The van der Waals surface area contributed by atoms with E-state index in [0.717, 1.165) is 0 Å². The lowest BCUT2D eigenvalue weighted by Crippen LogP contribution is -2.61. The average Bonchev–Trinajstić information content (AvgIpc) is 3.64. The topological polar surface area (TPSA) is 8.17 Å². The van der Waals surface area contributed by atoms with Gasteiger partial charge in [0, 0.05) is 57.7 Å². The molecule has 2 aromatic heterocycles. The van der Waals surface area contributed by atoms with Gasteiger partial charge in [-0.25, -0.2) is 0 Å². The van der Waals surface area contributed by atoms with Crippen molar-refractivity contribution in [2.45, 2.75) is 9.79 Å². The lowest BCUT2D eigenvalue weighted by Gasteiger charge is -2.45. The Kier molecular flexibility index (Phi) is 4.16. The molecule has 0 spiro atoms. The van der Waals surface area contributed by atoms with Crippen molar-refractivity contribution in [3.05, 3.63) is 127 Å². The number of hydrogen-bond donors (Lipinski definition) is 0. The Hall–Kier alpha value is -4.97. The molecule has 0 N–H and O–H groups in total. The van der Waals surface area contributed by atoms with Crippen LogP contribution in [0.1, 0.15) is 0 Å². The monoisotopic (exact) mass is 604 g/mol. The molecule has 3 aliphatic rings.